The minimum atomic E-state index is -0.591. The van der Waals surface area contributed by atoms with E-state index in [1.54, 1.807) is 44.4 Å². The van der Waals surface area contributed by atoms with Crippen LogP contribution in [0.2, 0.25) is 0 Å². The zero-order valence-corrected chi connectivity index (χ0v) is 15.7. The van der Waals surface area contributed by atoms with Gasteiger partial charge in [0.25, 0.3) is 11.8 Å². The lowest BCUT2D eigenvalue weighted by Crippen LogP contribution is -2.27. The number of hydrogen-bond donors (Lipinski definition) is 1. The van der Waals surface area contributed by atoms with Gasteiger partial charge in [-0.2, -0.15) is 0 Å². The van der Waals surface area contributed by atoms with Gasteiger partial charge in [0.15, 0.2) is 0 Å². The Labute approximate surface area is 163 Å². The van der Waals surface area contributed by atoms with Crippen LogP contribution in [0.25, 0.3) is 11.1 Å². The van der Waals surface area contributed by atoms with Crippen LogP contribution in [0, 0.1) is 0 Å². The highest BCUT2D eigenvalue weighted by atomic mass is 16.5. The van der Waals surface area contributed by atoms with Crippen molar-refractivity contribution in [1.82, 2.24) is 14.9 Å². The molecular formula is C22H21N3O3. The third kappa shape index (κ3) is 4.42. The number of carbonyl (C=O) groups excluding carboxylic acids is 2. The minimum Gasteiger partial charge on any atom is -0.345 e. The van der Waals surface area contributed by atoms with Crippen LogP contribution in [0.15, 0.2) is 72.9 Å². The molecule has 3 rings (SSSR count). The number of amides is 2. The van der Waals surface area contributed by atoms with Gasteiger partial charge in [0.2, 0.25) is 0 Å². The second-order valence-electron chi connectivity index (χ2n) is 6.56. The maximum Gasteiger partial charge on any atom is 0.296 e. The number of aromatic nitrogens is 1. The molecule has 142 valence electrons. The van der Waals surface area contributed by atoms with Gasteiger partial charge in [0.05, 0.1) is 6.54 Å². The van der Waals surface area contributed by atoms with Crippen LogP contribution in [-0.2, 0) is 6.54 Å². The lowest BCUT2D eigenvalue weighted by Gasteiger charge is -2.15. The highest BCUT2D eigenvalue weighted by Crippen LogP contribution is 2.22. The first kappa shape index (κ1) is 19.3. The number of pyridine rings is 1. The minimum absolute atomic E-state index is 0.0679. The van der Waals surface area contributed by atoms with E-state index in [9.17, 15) is 14.8 Å². The van der Waals surface area contributed by atoms with Crippen LogP contribution in [0.3, 0.4) is 0 Å². The maximum atomic E-state index is 12.5. The SMILES string of the molecule is CN(C)C(=O)c1cccc(-c2ccnc(C(=O)N(O)Cc3ccccc3)c2)c1. The molecule has 3 aromatic rings. The van der Waals surface area contributed by atoms with Crippen molar-refractivity contribution in [1.29, 1.82) is 0 Å². The molecule has 0 aliphatic carbocycles. The average molecular weight is 375 g/mol. The van der Waals surface area contributed by atoms with E-state index in [1.807, 2.05) is 36.4 Å². The second kappa shape index (κ2) is 8.45. The van der Waals surface area contributed by atoms with E-state index in [4.69, 9.17) is 0 Å². The van der Waals surface area contributed by atoms with Gasteiger partial charge < -0.3 is 4.90 Å². The van der Waals surface area contributed by atoms with Crippen molar-refractivity contribution in [2.24, 2.45) is 0 Å². The van der Waals surface area contributed by atoms with E-state index in [-0.39, 0.29) is 18.1 Å². The third-order valence-corrected chi connectivity index (χ3v) is 4.24. The van der Waals surface area contributed by atoms with Gasteiger partial charge >= 0.3 is 0 Å². The van der Waals surface area contributed by atoms with E-state index in [2.05, 4.69) is 4.98 Å². The van der Waals surface area contributed by atoms with Gasteiger partial charge in [-0.25, -0.2) is 5.06 Å². The predicted molar refractivity (Wildman–Crippen MR) is 106 cm³/mol. The van der Waals surface area contributed by atoms with E-state index in [0.29, 0.717) is 10.6 Å². The first-order valence-electron chi connectivity index (χ1n) is 8.78. The van der Waals surface area contributed by atoms with Gasteiger partial charge in [-0.3, -0.25) is 19.8 Å². The normalized spacial score (nSPS) is 10.4. The van der Waals surface area contributed by atoms with Crippen molar-refractivity contribution >= 4 is 11.8 Å². The van der Waals surface area contributed by atoms with Crippen molar-refractivity contribution < 1.29 is 14.8 Å². The molecule has 28 heavy (non-hydrogen) atoms. The lowest BCUT2D eigenvalue weighted by atomic mass is 10.0. The summed E-state index contributed by atoms with van der Waals surface area (Å²) in [6.07, 6.45) is 1.51. The molecule has 2 aromatic carbocycles. The highest BCUT2D eigenvalue weighted by Gasteiger charge is 2.17. The van der Waals surface area contributed by atoms with Gasteiger partial charge in [-0.1, -0.05) is 42.5 Å². The molecule has 1 aromatic heterocycles. The van der Waals surface area contributed by atoms with E-state index >= 15 is 0 Å². The summed E-state index contributed by atoms with van der Waals surface area (Å²) in [6.45, 7) is 0.0679. The Morgan fingerprint density at radius 3 is 2.32 bits per heavy atom. The number of carbonyl (C=O) groups is 2. The van der Waals surface area contributed by atoms with Crippen molar-refractivity contribution in [3.05, 3.63) is 89.7 Å². The Morgan fingerprint density at radius 1 is 0.893 bits per heavy atom. The van der Waals surface area contributed by atoms with Crippen LogP contribution in [-0.4, -0.2) is 46.1 Å². The third-order valence-electron chi connectivity index (χ3n) is 4.24. The molecule has 0 saturated carbocycles. The summed E-state index contributed by atoms with van der Waals surface area (Å²) in [5.41, 5.74) is 3.02. The molecule has 6 heteroatoms. The zero-order valence-electron chi connectivity index (χ0n) is 15.7. The molecule has 0 saturated heterocycles. The summed E-state index contributed by atoms with van der Waals surface area (Å²) in [5.74, 6) is -0.692. The molecule has 2 amide bonds. The topological polar surface area (TPSA) is 73.7 Å². The molecule has 1 N–H and O–H groups in total. The summed E-state index contributed by atoms with van der Waals surface area (Å²) in [6, 6.07) is 19.7. The fourth-order valence-corrected chi connectivity index (χ4v) is 2.78. The van der Waals surface area contributed by atoms with Gasteiger partial charge in [0.1, 0.15) is 5.69 Å². The Bertz CT molecular complexity index is 987. The van der Waals surface area contributed by atoms with Crippen molar-refractivity contribution in [3.63, 3.8) is 0 Å². The van der Waals surface area contributed by atoms with Crippen LogP contribution < -0.4 is 0 Å². The Balaban J connectivity index is 1.83. The maximum absolute atomic E-state index is 12.5. The number of hydrogen-bond acceptors (Lipinski definition) is 4. The van der Waals surface area contributed by atoms with E-state index < -0.39 is 5.91 Å². The molecule has 0 radical (unpaired) electrons. The standard InChI is InChI=1S/C22H21N3O3/c1-24(2)21(26)19-10-6-9-17(13-19)18-11-12-23-20(14-18)22(27)25(28)15-16-7-4-3-5-8-16/h3-14,28H,15H2,1-2H3. The summed E-state index contributed by atoms with van der Waals surface area (Å²) in [7, 11) is 3.39. The smallest absolute Gasteiger partial charge is 0.296 e. The lowest BCUT2D eigenvalue weighted by molar-refractivity contribution is -0.0652. The zero-order chi connectivity index (χ0) is 20.1. The predicted octanol–water partition coefficient (Wildman–Crippen LogP) is 3.48. The summed E-state index contributed by atoms with van der Waals surface area (Å²) < 4.78 is 0. The molecule has 0 bridgehead atoms. The fourth-order valence-electron chi connectivity index (χ4n) is 2.78. The highest BCUT2D eigenvalue weighted by molar-refractivity contribution is 5.96. The number of hydroxylamine groups is 2. The summed E-state index contributed by atoms with van der Waals surface area (Å²) in [5, 5.41) is 10.8. The first-order valence-corrected chi connectivity index (χ1v) is 8.78. The Hall–Kier alpha value is -3.51. The van der Waals surface area contributed by atoms with Crippen LogP contribution in [0.1, 0.15) is 26.4 Å². The van der Waals surface area contributed by atoms with Crippen molar-refractivity contribution in [2.75, 3.05) is 14.1 Å². The Morgan fingerprint density at radius 2 is 1.61 bits per heavy atom. The van der Waals surface area contributed by atoms with Crippen molar-refractivity contribution in [3.8, 4) is 11.1 Å². The monoisotopic (exact) mass is 375 g/mol. The molecule has 0 aliphatic heterocycles. The van der Waals surface area contributed by atoms with Crippen LogP contribution in [0.4, 0.5) is 0 Å². The number of rotatable bonds is 5. The fraction of sp³-hybridized carbons (Fsp3) is 0.136. The number of benzene rings is 2. The summed E-state index contributed by atoms with van der Waals surface area (Å²) in [4.78, 5) is 30.3. The van der Waals surface area contributed by atoms with Gasteiger partial charge in [-0.15, -0.1) is 0 Å². The quantitative estimate of drug-likeness (QED) is 0.547. The molecule has 0 fully saturated rings. The van der Waals surface area contributed by atoms with E-state index in [1.165, 1.54) is 11.1 Å². The van der Waals surface area contributed by atoms with E-state index in [0.717, 1.165) is 16.7 Å². The van der Waals surface area contributed by atoms with Crippen molar-refractivity contribution in [2.45, 2.75) is 6.54 Å². The number of nitrogens with zero attached hydrogens (tertiary/aromatic N) is 3. The second-order valence-corrected chi connectivity index (χ2v) is 6.56. The molecule has 0 unspecified atom stereocenters. The average Bonchev–Trinajstić information content (AvgIpc) is 2.73. The largest absolute Gasteiger partial charge is 0.345 e. The van der Waals surface area contributed by atoms with Gasteiger partial charge in [0, 0.05) is 25.9 Å². The van der Waals surface area contributed by atoms with Crippen LogP contribution >= 0.6 is 0 Å². The Kier molecular flexibility index (Phi) is 5.81. The van der Waals surface area contributed by atoms with Gasteiger partial charge in [-0.05, 0) is 41.0 Å². The molecule has 0 aliphatic rings. The van der Waals surface area contributed by atoms with Crippen LogP contribution in [0.5, 0.6) is 0 Å². The summed E-state index contributed by atoms with van der Waals surface area (Å²) >= 11 is 0. The molecule has 6 nitrogen and oxygen atoms in total. The molecule has 0 spiro atoms. The first-order chi connectivity index (χ1) is 13.5. The molecule has 0 atom stereocenters. The molecule has 1 heterocycles. The molecular weight excluding hydrogens is 354 g/mol.